The highest BCUT2D eigenvalue weighted by atomic mass is 33.1. The van der Waals surface area contributed by atoms with E-state index in [1.807, 2.05) is 10.3 Å². The summed E-state index contributed by atoms with van der Waals surface area (Å²) in [6.45, 7) is -1.09. The predicted molar refractivity (Wildman–Crippen MR) is 232 cm³/mol. The highest BCUT2D eigenvalue weighted by Gasteiger charge is 2.43. The van der Waals surface area contributed by atoms with Gasteiger partial charge in [0.05, 0.1) is 37.2 Å². The Kier molecular flexibility index (Phi) is 25.3. The highest BCUT2D eigenvalue weighted by Crippen LogP contribution is 2.66. The molecule has 0 bridgehead atoms. The number of phosphoric ester groups is 1. The number of carbonyl (C=O) groups excluding carboxylic acids is 4. The van der Waals surface area contributed by atoms with E-state index in [0.29, 0.717) is 37.2 Å². The Labute approximate surface area is 391 Å². The summed E-state index contributed by atoms with van der Waals surface area (Å²) in [7, 11) is -14.2. The zero-order valence-corrected chi connectivity index (χ0v) is 39.8. The number of hydrogen-bond donors (Lipinski definition) is 14. The summed E-state index contributed by atoms with van der Waals surface area (Å²) < 4.78 is 52.4. The molecule has 15 N–H and O–H groups in total. The fourth-order valence-corrected chi connectivity index (χ4v) is 10.8. The molecule has 0 saturated carbocycles. The zero-order valence-electron chi connectivity index (χ0n) is 35.4. The predicted octanol–water partition coefficient (Wildman–Crippen LogP) is -2.30. The summed E-state index contributed by atoms with van der Waals surface area (Å²) in [5.41, 5.74) is 4.04. The minimum Gasteiger partial charge on any atom is -0.481 e. The van der Waals surface area contributed by atoms with Crippen molar-refractivity contribution in [3.05, 3.63) is 32.6 Å². The lowest BCUT2D eigenvalue weighted by Crippen LogP contribution is -2.52. The molecule has 1 aliphatic rings. The quantitative estimate of drug-likeness (QED) is 0.0200. The van der Waals surface area contributed by atoms with Crippen molar-refractivity contribution in [1.29, 1.82) is 0 Å². The van der Waals surface area contributed by atoms with Crippen molar-refractivity contribution in [3.8, 4) is 0 Å². The van der Waals surface area contributed by atoms with Gasteiger partial charge in [-0.3, -0.25) is 47.6 Å². The van der Waals surface area contributed by atoms with Crippen molar-refractivity contribution >= 4 is 86.6 Å². The maximum atomic E-state index is 12.5. The molecule has 1 aromatic rings. The number of unbranched alkanes of at least 4 members (excludes halogenated alkanes) is 2. The average Bonchev–Trinajstić information content (AvgIpc) is 3.57. The normalized spacial score (nSPS) is 19.1. The van der Waals surface area contributed by atoms with Crippen LogP contribution in [0.5, 0.6) is 0 Å². The number of carboxylic acid groups (broad SMARTS) is 3. The molecule has 31 nitrogen and oxygen atoms in total. The molecule has 1 aliphatic heterocycles. The lowest BCUT2D eigenvalue weighted by molar-refractivity contribution is -0.148. The molecule has 386 valence electrons. The van der Waals surface area contributed by atoms with Gasteiger partial charge in [0.25, 0.3) is 5.56 Å². The molecule has 1 saturated heterocycles. The summed E-state index contributed by atoms with van der Waals surface area (Å²) in [5, 5.41) is 46.7. The fourth-order valence-electron chi connectivity index (χ4n) is 5.63. The van der Waals surface area contributed by atoms with E-state index in [2.05, 4.69) is 29.1 Å². The van der Waals surface area contributed by atoms with Crippen LogP contribution in [0.15, 0.2) is 15.8 Å². The molecule has 0 radical (unpaired) electrons. The van der Waals surface area contributed by atoms with Crippen LogP contribution in [0.4, 0.5) is 0 Å². The number of nitrogens with one attached hydrogen (secondary N) is 5. The number of aliphatic hydroxyl groups is 1. The molecule has 8 atom stereocenters. The van der Waals surface area contributed by atoms with Gasteiger partial charge in [-0.05, 0) is 25.7 Å². The SMILES string of the molecule is NC(CCCSSCCC(=O)NCc1cn(C2CC(O)C(COP(=O)(O)OP(=O)(O)OP(=O)(O)O)O2)c(=O)[nH]c1=O)C(=O)NCCCCCC(=O)NC(CC(=O)O)C(=O)NC(CC(=O)O)C(=O)O. The second kappa shape index (κ2) is 28.6. The van der Waals surface area contributed by atoms with E-state index in [4.69, 9.17) is 35.6 Å². The van der Waals surface area contributed by atoms with Crippen LogP contribution in [0.2, 0.25) is 0 Å². The third kappa shape index (κ3) is 24.0. The average molecular weight is 1080 g/mol. The van der Waals surface area contributed by atoms with Gasteiger partial charge in [-0.25, -0.2) is 23.3 Å². The summed E-state index contributed by atoms with van der Waals surface area (Å²) in [6.07, 6.45) is -3.37. The first-order chi connectivity index (χ1) is 31.6. The number of hydrogen-bond acceptors (Lipinski definition) is 20. The lowest BCUT2D eigenvalue weighted by Gasteiger charge is -2.19. The molecular weight excluding hydrogens is 1020 g/mol. The van der Waals surface area contributed by atoms with Crippen LogP contribution >= 0.6 is 45.1 Å². The topological polar surface area (TPSA) is 498 Å². The Bertz CT molecular complexity index is 2210. The van der Waals surface area contributed by atoms with Crippen LogP contribution < -0.4 is 38.2 Å². The fraction of sp³-hybridized carbons (Fsp3) is 0.656. The van der Waals surface area contributed by atoms with Gasteiger partial charge in [-0.2, -0.15) is 8.62 Å². The van der Waals surface area contributed by atoms with Crippen molar-refractivity contribution in [2.45, 2.75) is 107 Å². The summed E-state index contributed by atoms with van der Waals surface area (Å²) in [6, 6.07) is -4.31. The van der Waals surface area contributed by atoms with Crippen molar-refractivity contribution < 1.29 is 105 Å². The number of carbonyl (C=O) groups is 7. The Morgan fingerprint density at radius 1 is 0.824 bits per heavy atom. The number of aliphatic hydroxyl groups excluding tert-OH is 1. The highest BCUT2D eigenvalue weighted by molar-refractivity contribution is 8.76. The van der Waals surface area contributed by atoms with Crippen molar-refractivity contribution in [3.63, 3.8) is 0 Å². The number of aromatic amines is 1. The number of ether oxygens (including phenoxy) is 1. The molecule has 0 spiro atoms. The van der Waals surface area contributed by atoms with Crippen LogP contribution in [0.1, 0.15) is 76.0 Å². The van der Waals surface area contributed by atoms with Gasteiger partial charge in [0, 0.05) is 50.1 Å². The molecule has 8 unspecified atom stereocenters. The molecule has 1 aromatic heterocycles. The van der Waals surface area contributed by atoms with Gasteiger partial charge < -0.3 is 71.7 Å². The van der Waals surface area contributed by atoms with Crippen LogP contribution in [-0.2, 0) is 71.7 Å². The molecule has 2 rings (SSSR count). The van der Waals surface area contributed by atoms with Gasteiger partial charge >= 0.3 is 47.1 Å². The summed E-state index contributed by atoms with van der Waals surface area (Å²) in [5.74, 6) is -6.45. The first-order valence-corrected chi connectivity index (χ1v) is 26.9. The van der Waals surface area contributed by atoms with E-state index in [9.17, 15) is 71.7 Å². The number of rotatable bonds is 33. The number of amides is 4. The molecular formula is C32H52N7O24P3S2. The molecule has 2 heterocycles. The Morgan fingerprint density at radius 3 is 2.10 bits per heavy atom. The second-order valence-corrected chi connectivity index (χ2v) is 21.5. The van der Waals surface area contributed by atoms with E-state index in [1.54, 1.807) is 0 Å². The Morgan fingerprint density at radius 2 is 1.47 bits per heavy atom. The molecule has 0 aliphatic carbocycles. The summed E-state index contributed by atoms with van der Waals surface area (Å²) >= 11 is 0. The zero-order chi connectivity index (χ0) is 51.4. The van der Waals surface area contributed by atoms with Crippen LogP contribution in [-0.4, -0.2) is 146 Å². The van der Waals surface area contributed by atoms with Crippen LogP contribution in [0.25, 0.3) is 0 Å². The first-order valence-electron chi connectivity index (χ1n) is 19.8. The van der Waals surface area contributed by atoms with Gasteiger partial charge in [0.1, 0.15) is 24.4 Å². The monoisotopic (exact) mass is 1080 g/mol. The Balaban J connectivity index is 1.65. The number of nitrogens with two attached hydrogens (primary N) is 1. The first kappa shape index (κ1) is 60.1. The van der Waals surface area contributed by atoms with E-state index in [0.717, 1.165) is 10.8 Å². The van der Waals surface area contributed by atoms with Gasteiger partial charge in [0.2, 0.25) is 23.6 Å². The molecule has 4 amide bonds. The number of nitrogens with zero attached hydrogens (tertiary/aromatic N) is 1. The standard InChI is InChI=1S/C32H52N7O24P3S2/c33-18(29(48)34-8-3-1-2-6-24(42)36-19(11-26(43)44)30(49)37-20(31(50)51)12-27(45)46)5-4-9-67-68-10-7-23(41)35-14-17-15-39(32(52)38-28(17)47)25-13-21(40)22(61-25)16-60-65(56,57)63-66(58,59)62-64(53,54)55/h15,18-22,25,40H,1-14,16,33H2,(H,34,48)(H,35,41)(H,36,42)(H,37,49)(H,43,44)(H,45,46)(H,50,51)(H,56,57)(H,58,59)(H,38,47,52)(H2,53,54,55). The van der Waals surface area contributed by atoms with Crippen molar-refractivity contribution in [1.82, 2.24) is 30.8 Å². The van der Waals surface area contributed by atoms with E-state index >= 15 is 0 Å². The third-order valence-corrected chi connectivity index (χ3v) is 15.1. The lowest BCUT2D eigenvalue weighted by atomic mass is 10.1. The number of carboxylic acids is 3. The largest absolute Gasteiger partial charge is 0.490 e. The molecule has 0 aromatic carbocycles. The van der Waals surface area contributed by atoms with E-state index in [-0.39, 0.29) is 44.3 Å². The second-order valence-electron chi connectivity index (χ2n) is 14.4. The number of aliphatic carboxylic acids is 3. The minimum atomic E-state index is -5.80. The molecule has 68 heavy (non-hydrogen) atoms. The number of phosphoric acid groups is 3. The van der Waals surface area contributed by atoms with Crippen molar-refractivity contribution in [2.24, 2.45) is 5.73 Å². The van der Waals surface area contributed by atoms with Crippen molar-refractivity contribution in [2.75, 3.05) is 24.7 Å². The number of H-pyrrole nitrogens is 1. The molecule has 1 fully saturated rings. The van der Waals surface area contributed by atoms with Crippen LogP contribution in [0.3, 0.4) is 0 Å². The van der Waals surface area contributed by atoms with E-state index in [1.165, 1.54) is 21.6 Å². The third-order valence-electron chi connectivity index (χ3n) is 8.83. The number of aromatic nitrogens is 2. The summed E-state index contributed by atoms with van der Waals surface area (Å²) in [4.78, 5) is 146. The Hall–Kier alpha value is -4.04. The maximum Gasteiger partial charge on any atom is 0.490 e. The minimum absolute atomic E-state index is 0.0323. The van der Waals surface area contributed by atoms with E-state index < -0.39 is 132 Å². The molecule has 36 heteroatoms. The maximum absolute atomic E-state index is 12.5. The smallest absolute Gasteiger partial charge is 0.481 e. The van der Waals surface area contributed by atoms with Gasteiger partial charge in [-0.15, -0.1) is 0 Å². The van der Waals surface area contributed by atoms with Gasteiger partial charge in [0.15, 0.2) is 0 Å². The van der Waals surface area contributed by atoms with Crippen LogP contribution in [0, 0.1) is 0 Å². The van der Waals surface area contributed by atoms with Gasteiger partial charge in [-0.1, -0.05) is 28.0 Å².